The molecule has 0 saturated carbocycles. The molecule has 6 heavy (non-hydrogen) atoms. The van der Waals surface area contributed by atoms with Crippen LogP contribution in [0.15, 0.2) is 0 Å². The molecular formula is Ge2O4. The maximum Gasteiger partial charge on any atom is 4.00 e. The number of hydrogen-bond acceptors (Lipinski definition) is 0. The number of rotatable bonds is 0. The summed E-state index contributed by atoms with van der Waals surface area (Å²) < 4.78 is 0. The maximum atomic E-state index is 0. The first kappa shape index (κ1) is 284. The Morgan fingerprint density at radius 1 is 0.333 bits per heavy atom. The molecule has 0 unspecified atom stereocenters. The Morgan fingerprint density at radius 3 is 0.333 bits per heavy atom. The summed E-state index contributed by atoms with van der Waals surface area (Å²) in [5, 5.41) is 0. The summed E-state index contributed by atoms with van der Waals surface area (Å²) >= 11 is 0. The summed E-state index contributed by atoms with van der Waals surface area (Å²) in [4.78, 5) is 0. The van der Waals surface area contributed by atoms with Crippen molar-refractivity contribution in [2.75, 3.05) is 0 Å². The fourth-order valence-electron chi connectivity index (χ4n) is 0. The van der Waals surface area contributed by atoms with Gasteiger partial charge in [0.15, 0.2) is 0 Å². The predicted octanol–water partition coefficient (Wildman–Crippen LogP) is -1.24. The van der Waals surface area contributed by atoms with Gasteiger partial charge in [0.05, 0.1) is 0 Å². The van der Waals surface area contributed by atoms with E-state index in [0.29, 0.717) is 0 Å². The van der Waals surface area contributed by atoms with Crippen LogP contribution >= 0.6 is 0 Å². The molecule has 0 saturated heterocycles. The summed E-state index contributed by atoms with van der Waals surface area (Å²) in [6, 6.07) is 0. The van der Waals surface area contributed by atoms with Gasteiger partial charge in [-0.15, -0.1) is 0 Å². The smallest absolute Gasteiger partial charge is 2.00 e. The van der Waals surface area contributed by atoms with E-state index in [9.17, 15) is 0 Å². The van der Waals surface area contributed by atoms with E-state index >= 15 is 0 Å². The molecule has 0 fully saturated rings. The van der Waals surface area contributed by atoms with Gasteiger partial charge in [0, 0.05) is 0 Å². The van der Waals surface area contributed by atoms with Crippen molar-refractivity contribution in [1.29, 1.82) is 0 Å². The molecule has 0 amide bonds. The van der Waals surface area contributed by atoms with E-state index in [2.05, 4.69) is 0 Å². The van der Waals surface area contributed by atoms with E-state index in [-0.39, 0.29) is 57.1 Å². The SMILES string of the molecule is [Ge+4].[Ge+4].[O-2].[O-2].[O-2].[O-2]. The number of hydrogen-bond donors (Lipinski definition) is 0. The molecule has 0 aromatic carbocycles. The molecule has 0 heterocycles. The summed E-state index contributed by atoms with van der Waals surface area (Å²) in [6.45, 7) is 0. The summed E-state index contributed by atoms with van der Waals surface area (Å²) in [7, 11) is 0. The van der Waals surface area contributed by atoms with Gasteiger partial charge in [-0.3, -0.25) is 0 Å². The Kier molecular flexibility index (Phi) is 7940. The quantitative estimate of drug-likeness (QED) is 0.444. The molecule has 4 nitrogen and oxygen atoms in total. The molecule has 32 valence electrons. The van der Waals surface area contributed by atoms with Crippen molar-refractivity contribution in [3.8, 4) is 0 Å². The minimum absolute atomic E-state index is 0. The zero-order valence-electron chi connectivity index (χ0n) is 2.63. The summed E-state index contributed by atoms with van der Waals surface area (Å²) in [5.74, 6) is 0. The molecule has 0 rings (SSSR count). The normalized spacial score (nSPS) is 0. The molecule has 0 aliphatic carbocycles. The molecular weight excluding hydrogens is 209 g/mol. The molecule has 6 heteroatoms. The molecule has 0 radical (unpaired) electrons. The van der Waals surface area contributed by atoms with Gasteiger partial charge in [-0.05, 0) is 0 Å². The van der Waals surface area contributed by atoms with Gasteiger partial charge in [-0.1, -0.05) is 0 Å². The molecule has 0 bridgehead atoms. The Bertz CT molecular complexity index is 5.51. The van der Waals surface area contributed by atoms with Crippen molar-refractivity contribution in [2.24, 2.45) is 0 Å². The van der Waals surface area contributed by atoms with Gasteiger partial charge >= 0.3 is 35.2 Å². The van der Waals surface area contributed by atoms with Crippen LogP contribution in [-0.4, -0.2) is 35.2 Å². The van der Waals surface area contributed by atoms with Crippen molar-refractivity contribution < 1.29 is 21.9 Å². The molecule has 0 aliphatic heterocycles. The molecule has 0 spiro atoms. The fourth-order valence-corrected chi connectivity index (χ4v) is 0. The van der Waals surface area contributed by atoms with Crippen molar-refractivity contribution in [3.63, 3.8) is 0 Å². The third-order valence-electron chi connectivity index (χ3n) is 0. The second-order valence-corrected chi connectivity index (χ2v) is 0. The van der Waals surface area contributed by atoms with Crippen LogP contribution in [-0.2, 0) is 21.9 Å². The van der Waals surface area contributed by atoms with Crippen LogP contribution in [0.3, 0.4) is 0 Å². The van der Waals surface area contributed by atoms with Crippen molar-refractivity contribution in [3.05, 3.63) is 0 Å². The van der Waals surface area contributed by atoms with Crippen molar-refractivity contribution in [1.82, 2.24) is 0 Å². The van der Waals surface area contributed by atoms with Gasteiger partial charge in [-0.2, -0.15) is 0 Å². The standard InChI is InChI=1S/2Ge.4O/q2*+4;4*-2. The van der Waals surface area contributed by atoms with Crippen LogP contribution in [0.2, 0.25) is 0 Å². The van der Waals surface area contributed by atoms with Crippen LogP contribution in [0.1, 0.15) is 0 Å². The van der Waals surface area contributed by atoms with E-state index in [4.69, 9.17) is 0 Å². The maximum absolute atomic E-state index is 0. The van der Waals surface area contributed by atoms with E-state index in [0.717, 1.165) is 0 Å². The summed E-state index contributed by atoms with van der Waals surface area (Å²) in [5.41, 5.74) is 0. The zero-order valence-corrected chi connectivity index (χ0v) is 6.83. The average Bonchev–Trinajstić information content (AvgIpc) is 0. The van der Waals surface area contributed by atoms with E-state index in [1.807, 2.05) is 0 Å². The molecule has 0 aromatic heterocycles. The van der Waals surface area contributed by atoms with E-state index in [1.165, 1.54) is 0 Å². The van der Waals surface area contributed by atoms with Crippen LogP contribution in [0.5, 0.6) is 0 Å². The Labute approximate surface area is 57.5 Å². The fraction of sp³-hybridized carbons (Fsp3) is 0. The minimum atomic E-state index is 0. The topological polar surface area (TPSA) is 114 Å². The predicted molar refractivity (Wildman–Crippen MR) is 14.3 cm³/mol. The van der Waals surface area contributed by atoms with E-state index < -0.39 is 0 Å². The second kappa shape index (κ2) is 168. The van der Waals surface area contributed by atoms with Crippen LogP contribution < -0.4 is 0 Å². The van der Waals surface area contributed by atoms with Crippen molar-refractivity contribution >= 4 is 35.2 Å². The summed E-state index contributed by atoms with van der Waals surface area (Å²) in [6.07, 6.45) is 0. The van der Waals surface area contributed by atoms with Gasteiger partial charge < -0.3 is 21.9 Å². The first-order valence-electron chi connectivity index (χ1n) is 0. The molecule has 0 atom stereocenters. The van der Waals surface area contributed by atoms with E-state index in [1.54, 1.807) is 0 Å². The van der Waals surface area contributed by atoms with Crippen LogP contribution in [0.4, 0.5) is 0 Å². The third-order valence-corrected chi connectivity index (χ3v) is 0. The monoisotopic (exact) mass is 212 g/mol. The molecule has 0 aromatic rings. The zero-order chi connectivity index (χ0) is 0. The van der Waals surface area contributed by atoms with Crippen molar-refractivity contribution in [2.45, 2.75) is 0 Å². The van der Waals surface area contributed by atoms with Gasteiger partial charge in [0.2, 0.25) is 0 Å². The van der Waals surface area contributed by atoms with Gasteiger partial charge in [0.1, 0.15) is 0 Å². The third kappa shape index (κ3) is 88.6. The second-order valence-electron chi connectivity index (χ2n) is 0. The minimum Gasteiger partial charge on any atom is -2.00 e. The Balaban J connectivity index is 0. The Morgan fingerprint density at radius 2 is 0.333 bits per heavy atom. The van der Waals surface area contributed by atoms with Gasteiger partial charge in [0.25, 0.3) is 0 Å². The average molecular weight is 209 g/mol. The van der Waals surface area contributed by atoms with Crippen LogP contribution in [0, 0.1) is 0 Å². The van der Waals surface area contributed by atoms with Gasteiger partial charge in [-0.25, -0.2) is 0 Å². The first-order valence-corrected chi connectivity index (χ1v) is 0. The Hall–Kier alpha value is 0.926. The van der Waals surface area contributed by atoms with Crippen LogP contribution in [0.25, 0.3) is 0 Å². The molecule has 0 aliphatic rings. The largest absolute Gasteiger partial charge is 4.00 e. The first-order chi connectivity index (χ1) is 0. The molecule has 0 N–H and O–H groups in total.